The van der Waals surface area contributed by atoms with E-state index in [0.717, 1.165) is 19.9 Å². The van der Waals surface area contributed by atoms with Crippen molar-refractivity contribution in [3.63, 3.8) is 0 Å². The fourth-order valence-electron chi connectivity index (χ4n) is 2.42. The maximum atomic E-state index is 13.4. The van der Waals surface area contributed by atoms with Gasteiger partial charge in [0.2, 0.25) is 5.95 Å². The minimum atomic E-state index is -4.69. The van der Waals surface area contributed by atoms with Crippen molar-refractivity contribution in [1.29, 1.82) is 0 Å². The molecule has 1 heterocycles. The Balaban J connectivity index is 2.42. The lowest BCUT2D eigenvalue weighted by atomic mass is 9.93. The molecule has 1 aliphatic rings. The lowest BCUT2D eigenvalue weighted by molar-refractivity contribution is -0.169. The highest BCUT2D eigenvalue weighted by Crippen LogP contribution is 2.36. The van der Waals surface area contributed by atoms with Crippen LogP contribution in [0.4, 0.5) is 41.1 Å². The molecule has 0 unspecified atom stereocenters. The molecule has 0 amide bonds. The van der Waals surface area contributed by atoms with E-state index in [1.165, 1.54) is 0 Å². The first-order chi connectivity index (χ1) is 13.1. The summed E-state index contributed by atoms with van der Waals surface area (Å²) in [4.78, 5) is 11.1. The van der Waals surface area contributed by atoms with E-state index in [4.69, 9.17) is 0 Å². The van der Waals surface area contributed by atoms with Gasteiger partial charge < -0.3 is 10.4 Å². The predicted molar refractivity (Wildman–Crippen MR) is 86.1 cm³/mol. The second-order valence-electron chi connectivity index (χ2n) is 6.85. The van der Waals surface area contributed by atoms with Crippen LogP contribution >= 0.6 is 0 Å². The van der Waals surface area contributed by atoms with Crippen molar-refractivity contribution in [3.8, 4) is 0 Å². The topological polar surface area (TPSA) is 70.9 Å². The number of halogens is 8. The average Bonchev–Trinajstić information content (AvgIpc) is 2.55. The summed E-state index contributed by atoms with van der Waals surface area (Å²) < 4.78 is 104. The Morgan fingerprint density at radius 3 is 2.24 bits per heavy atom. The first kappa shape index (κ1) is 23.2. The summed E-state index contributed by atoms with van der Waals surface area (Å²) in [6.45, 7) is 1.60. The third-order valence-electron chi connectivity index (χ3n) is 4.37. The minimum absolute atomic E-state index is 0.0190. The molecule has 0 radical (unpaired) electrons. The van der Waals surface area contributed by atoms with Gasteiger partial charge in [-0.1, -0.05) is 6.92 Å². The lowest BCUT2D eigenvalue weighted by Crippen LogP contribution is -2.35. The van der Waals surface area contributed by atoms with Crippen LogP contribution in [0.3, 0.4) is 0 Å². The number of aliphatic hydroxyl groups is 1. The Hall–Kier alpha value is -2.05. The predicted octanol–water partition coefficient (Wildman–Crippen LogP) is 4.15. The molecule has 13 heteroatoms. The molecule has 0 spiro atoms. The van der Waals surface area contributed by atoms with Crippen LogP contribution in [-0.2, 0) is 6.42 Å². The molecule has 1 aromatic heterocycles. The van der Waals surface area contributed by atoms with E-state index >= 15 is 0 Å². The minimum Gasteiger partial charge on any atom is -0.383 e. The molecule has 164 valence electrons. The summed E-state index contributed by atoms with van der Waals surface area (Å²) in [6, 6.07) is -2.12. The first-order valence-corrected chi connectivity index (χ1v) is 8.51. The van der Waals surface area contributed by atoms with Crippen molar-refractivity contribution >= 4 is 11.5 Å². The Bertz CT molecular complexity index is 722. The molecule has 2 rings (SSSR count). The van der Waals surface area contributed by atoms with Gasteiger partial charge in [0.05, 0.1) is 5.92 Å². The van der Waals surface area contributed by atoms with Crippen molar-refractivity contribution in [2.45, 2.75) is 63.5 Å². The second-order valence-corrected chi connectivity index (χ2v) is 6.85. The van der Waals surface area contributed by atoms with Crippen molar-refractivity contribution in [3.05, 3.63) is 17.7 Å². The van der Waals surface area contributed by atoms with Crippen LogP contribution in [0.2, 0.25) is 0 Å². The summed E-state index contributed by atoms with van der Waals surface area (Å²) >= 11 is 0. The normalized spacial score (nSPS) is 22.0. The number of hydrogen-bond donors (Lipinski definition) is 2. The zero-order valence-electron chi connectivity index (χ0n) is 15.2. The molecule has 0 aromatic carbocycles. The Morgan fingerprint density at radius 1 is 1.10 bits per heavy atom. The molecule has 0 bridgehead atoms. The molecule has 0 saturated heterocycles. The van der Waals surface area contributed by atoms with E-state index in [0.29, 0.717) is 0 Å². The van der Waals surface area contributed by atoms with E-state index in [1.54, 1.807) is 0 Å². The summed E-state index contributed by atoms with van der Waals surface area (Å²) in [5.41, 5.74) is -0.0190. The number of allylic oxidation sites excluding steroid dienone is 1. The van der Waals surface area contributed by atoms with Gasteiger partial charge in [0, 0.05) is 12.8 Å². The molecule has 1 aliphatic carbocycles. The lowest BCUT2D eigenvalue weighted by Gasteiger charge is -2.26. The molecule has 2 N–H and O–H groups in total. The SMILES string of the molecule is C[C@@H](Cc1nc(N[C@H](C)C(F)(F)F)nc(C2=C[C@H](O)C(F)(F)CC2)n1)C(F)(F)F. The number of nitrogens with zero attached hydrogens (tertiary/aromatic N) is 3. The summed E-state index contributed by atoms with van der Waals surface area (Å²) in [7, 11) is 0. The van der Waals surface area contributed by atoms with Crippen LogP contribution in [-0.4, -0.2) is 50.5 Å². The summed E-state index contributed by atoms with van der Waals surface area (Å²) in [5.74, 6) is -6.77. The van der Waals surface area contributed by atoms with Gasteiger partial charge in [0.1, 0.15) is 18.0 Å². The molecule has 0 saturated carbocycles. The fourth-order valence-corrected chi connectivity index (χ4v) is 2.42. The number of nitrogens with one attached hydrogen (secondary N) is 1. The second kappa shape index (κ2) is 8.00. The molecular formula is C16H18F8N4O. The van der Waals surface area contributed by atoms with Gasteiger partial charge in [-0.25, -0.2) is 13.8 Å². The molecule has 3 atom stereocenters. The standard InChI is InChI=1S/C16H18F8N4O/c1-7(15(19,20)21)5-11-26-12(9-3-4-14(17,18)10(29)6-9)28-13(27-11)25-8(2)16(22,23)24/h6-8,10,29H,3-5H2,1-2H3,(H,25,26,27,28)/t7-,8+,10-/m0/s1. The zero-order valence-corrected chi connectivity index (χ0v) is 15.2. The maximum absolute atomic E-state index is 13.4. The third-order valence-corrected chi connectivity index (χ3v) is 4.37. The third kappa shape index (κ3) is 5.97. The van der Waals surface area contributed by atoms with Crippen LogP contribution in [0.5, 0.6) is 0 Å². The highest BCUT2D eigenvalue weighted by Gasteiger charge is 2.41. The number of hydrogen-bond acceptors (Lipinski definition) is 5. The van der Waals surface area contributed by atoms with Crippen molar-refractivity contribution in [1.82, 2.24) is 15.0 Å². The maximum Gasteiger partial charge on any atom is 0.408 e. The number of rotatable bonds is 5. The van der Waals surface area contributed by atoms with E-state index in [9.17, 15) is 40.2 Å². The van der Waals surface area contributed by atoms with Crippen LogP contribution in [0, 0.1) is 5.92 Å². The summed E-state index contributed by atoms with van der Waals surface area (Å²) in [5, 5.41) is 11.4. The Kier molecular flexibility index (Phi) is 6.40. The van der Waals surface area contributed by atoms with Gasteiger partial charge in [-0.2, -0.15) is 36.3 Å². The van der Waals surface area contributed by atoms with E-state index < -0.39 is 61.0 Å². The van der Waals surface area contributed by atoms with Gasteiger partial charge in [-0.05, 0) is 25.0 Å². The average molecular weight is 434 g/mol. The number of aliphatic hydroxyl groups excluding tert-OH is 1. The molecule has 29 heavy (non-hydrogen) atoms. The first-order valence-electron chi connectivity index (χ1n) is 8.51. The van der Waals surface area contributed by atoms with Crippen molar-refractivity contribution in [2.24, 2.45) is 5.92 Å². The smallest absolute Gasteiger partial charge is 0.383 e. The molecular weight excluding hydrogens is 416 g/mol. The quantitative estimate of drug-likeness (QED) is 0.682. The van der Waals surface area contributed by atoms with E-state index in [2.05, 4.69) is 15.0 Å². The van der Waals surface area contributed by atoms with Gasteiger partial charge in [0.25, 0.3) is 5.92 Å². The highest BCUT2D eigenvalue weighted by atomic mass is 19.4. The van der Waals surface area contributed by atoms with Gasteiger partial charge in [0.15, 0.2) is 5.82 Å². The van der Waals surface area contributed by atoms with Crippen LogP contribution in [0.1, 0.15) is 38.3 Å². The van der Waals surface area contributed by atoms with E-state index in [-0.39, 0.29) is 17.8 Å². The van der Waals surface area contributed by atoms with Crippen LogP contribution < -0.4 is 5.32 Å². The van der Waals surface area contributed by atoms with Crippen LogP contribution in [0.25, 0.3) is 5.57 Å². The number of anilines is 1. The van der Waals surface area contributed by atoms with Crippen molar-refractivity contribution in [2.75, 3.05) is 5.32 Å². The monoisotopic (exact) mass is 434 g/mol. The van der Waals surface area contributed by atoms with Gasteiger partial charge in [-0.15, -0.1) is 0 Å². The largest absolute Gasteiger partial charge is 0.408 e. The Morgan fingerprint density at radius 2 is 1.72 bits per heavy atom. The van der Waals surface area contributed by atoms with Gasteiger partial charge >= 0.3 is 12.4 Å². The number of aromatic nitrogens is 3. The molecule has 0 fully saturated rings. The van der Waals surface area contributed by atoms with Crippen molar-refractivity contribution < 1.29 is 40.2 Å². The summed E-state index contributed by atoms with van der Waals surface area (Å²) in [6.07, 6.45) is -12.6. The Labute approximate surface area is 160 Å². The molecule has 5 nitrogen and oxygen atoms in total. The molecule has 1 aromatic rings. The number of alkyl halides is 8. The fraction of sp³-hybridized carbons (Fsp3) is 0.688. The van der Waals surface area contributed by atoms with Gasteiger partial charge in [-0.3, -0.25) is 0 Å². The molecule has 0 aliphatic heterocycles. The van der Waals surface area contributed by atoms with E-state index in [1.807, 2.05) is 5.32 Å². The zero-order chi connectivity index (χ0) is 22.2. The van der Waals surface area contributed by atoms with Crippen LogP contribution in [0.15, 0.2) is 6.08 Å². The highest BCUT2D eigenvalue weighted by molar-refractivity contribution is 5.62.